The molecule has 1 heterocycles. The number of halogens is 2. The molecule has 0 amide bonds. The minimum Gasteiger partial charge on any atom is -0.370 e. The fourth-order valence-electron chi connectivity index (χ4n) is 2.22. The molecule has 0 saturated carbocycles. The Morgan fingerprint density at radius 1 is 1.19 bits per heavy atom. The van der Waals surface area contributed by atoms with Crippen LogP contribution in [0.5, 0.6) is 0 Å². The van der Waals surface area contributed by atoms with Gasteiger partial charge in [0.25, 0.3) is 0 Å². The molecule has 1 aromatic heterocycles. The van der Waals surface area contributed by atoms with Crippen LogP contribution >= 0.6 is 0 Å². The second kappa shape index (κ2) is 6.61. The maximum atomic E-state index is 14.0. The molecule has 0 unspecified atom stereocenters. The molecule has 2 rings (SSSR count). The number of hydrogen-bond acceptors (Lipinski definition) is 3. The fraction of sp³-hybridized carbons (Fsp3) is 0.375. The van der Waals surface area contributed by atoms with E-state index in [1.54, 1.807) is 0 Å². The Hall–Kier alpha value is -2.04. The highest BCUT2D eigenvalue weighted by molar-refractivity contribution is 5.69. The van der Waals surface area contributed by atoms with Crippen molar-refractivity contribution in [1.29, 1.82) is 0 Å². The van der Waals surface area contributed by atoms with Gasteiger partial charge in [-0.15, -0.1) is 0 Å². The molecule has 2 aromatic rings. The van der Waals surface area contributed by atoms with E-state index in [0.29, 0.717) is 17.1 Å². The van der Waals surface area contributed by atoms with Crippen molar-refractivity contribution in [1.82, 2.24) is 9.97 Å². The summed E-state index contributed by atoms with van der Waals surface area (Å²) in [6.45, 7) is 6.84. The molecule has 1 aromatic carbocycles. The van der Waals surface area contributed by atoms with Crippen LogP contribution in [0, 0.1) is 11.6 Å². The van der Waals surface area contributed by atoms with Crippen molar-refractivity contribution in [2.75, 3.05) is 11.9 Å². The number of rotatable bonds is 5. The zero-order valence-corrected chi connectivity index (χ0v) is 12.5. The Balaban J connectivity index is 2.57. The van der Waals surface area contributed by atoms with E-state index in [1.807, 2.05) is 13.8 Å². The van der Waals surface area contributed by atoms with Crippen LogP contribution < -0.4 is 5.32 Å². The molecule has 0 spiro atoms. The maximum absolute atomic E-state index is 14.0. The lowest BCUT2D eigenvalue weighted by molar-refractivity contribution is 0.585. The van der Waals surface area contributed by atoms with E-state index < -0.39 is 11.6 Å². The molecule has 3 nitrogen and oxygen atoms in total. The molecular weight excluding hydrogens is 272 g/mol. The van der Waals surface area contributed by atoms with Gasteiger partial charge in [0.15, 0.2) is 0 Å². The van der Waals surface area contributed by atoms with E-state index in [9.17, 15) is 8.78 Å². The summed E-state index contributed by atoms with van der Waals surface area (Å²) < 4.78 is 27.1. The van der Waals surface area contributed by atoms with Crippen molar-refractivity contribution >= 4 is 5.82 Å². The van der Waals surface area contributed by atoms with Crippen molar-refractivity contribution in [3.63, 3.8) is 0 Å². The Morgan fingerprint density at radius 2 is 1.95 bits per heavy atom. The average Bonchev–Trinajstić information content (AvgIpc) is 2.44. The first-order chi connectivity index (χ1) is 10.0. The van der Waals surface area contributed by atoms with Crippen LogP contribution in [0.4, 0.5) is 14.6 Å². The van der Waals surface area contributed by atoms with E-state index in [4.69, 9.17) is 0 Å². The third-order valence-corrected chi connectivity index (χ3v) is 3.19. The third kappa shape index (κ3) is 3.35. The predicted octanol–water partition coefficient (Wildman–Crippen LogP) is 4.37. The summed E-state index contributed by atoms with van der Waals surface area (Å²) >= 11 is 0. The summed E-state index contributed by atoms with van der Waals surface area (Å²) in [5.41, 5.74) is 1.65. The predicted molar refractivity (Wildman–Crippen MR) is 80.3 cm³/mol. The van der Waals surface area contributed by atoms with Gasteiger partial charge in [0.1, 0.15) is 23.8 Å². The van der Waals surface area contributed by atoms with Crippen molar-refractivity contribution in [2.45, 2.75) is 33.1 Å². The van der Waals surface area contributed by atoms with Crippen LogP contribution in [0.2, 0.25) is 0 Å². The maximum Gasteiger partial charge on any atom is 0.135 e. The summed E-state index contributed by atoms with van der Waals surface area (Å²) in [7, 11) is 0. The first-order valence-corrected chi connectivity index (χ1v) is 7.08. The summed E-state index contributed by atoms with van der Waals surface area (Å²) in [5, 5.41) is 3.24. The van der Waals surface area contributed by atoms with Crippen molar-refractivity contribution in [3.05, 3.63) is 41.7 Å². The number of nitrogens with zero attached hydrogens (tertiary/aromatic N) is 2. The molecule has 112 valence electrons. The fourth-order valence-corrected chi connectivity index (χ4v) is 2.22. The van der Waals surface area contributed by atoms with Crippen molar-refractivity contribution < 1.29 is 8.78 Å². The smallest absolute Gasteiger partial charge is 0.135 e. The van der Waals surface area contributed by atoms with E-state index >= 15 is 0 Å². The lowest BCUT2D eigenvalue weighted by Gasteiger charge is -2.17. The molecule has 1 N–H and O–H groups in total. The van der Waals surface area contributed by atoms with Gasteiger partial charge in [-0.25, -0.2) is 18.7 Å². The normalized spacial score (nSPS) is 11.0. The Morgan fingerprint density at radius 3 is 2.57 bits per heavy atom. The average molecular weight is 291 g/mol. The van der Waals surface area contributed by atoms with E-state index in [2.05, 4.69) is 22.2 Å². The summed E-state index contributed by atoms with van der Waals surface area (Å²) in [5.74, 6) is -0.386. The van der Waals surface area contributed by atoms with Crippen LogP contribution in [-0.4, -0.2) is 16.5 Å². The quantitative estimate of drug-likeness (QED) is 0.889. The van der Waals surface area contributed by atoms with Crippen molar-refractivity contribution in [2.24, 2.45) is 0 Å². The number of aromatic nitrogens is 2. The molecule has 0 aliphatic carbocycles. The molecule has 0 radical (unpaired) electrons. The van der Waals surface area contributed by atoms with Gasteiger partial charge < -0.3 is 5.32 Å². The zero-order valence-electron chi connectivity index (χ0n) is 12.5. The van der Waals surface area contributed by atoms with Crippen LogP contribution in [0.1, 0.15) is 38.7 Å². The van der Waals surface area contributed by atoms with E-state index in [1.165, 1.54) is 18.5 Å². The van der Waals surface area contributed by atoms with Crippen LogP contribution in [-0.2, 0) is 0 Å². The first-order valence-electron chi connectivity index (χ1n) is 7.08. The number of nitrogens with one attached hydrogen (secondary N) is 1. The Kier molecular flexibility index (Phi) is 4.83. The van der Waals surface area contributed by atoms with Crippen LogP contribution in [0.15, 0.2) is 24.5 Å². The molecule has 0 atom stereocenters. The standard InChI is InChI=1S/C16H19F2N3/c1-4-7-19-16-14(10(2)3)15(20-9-21-16)12-6-5-11(17)8-13(12)18/h5-6,8-10H,4,7H2,1-3H3,(H,19,20,21). The Bertz CT molecular complexity index is 627. The topological polar surface area (TPSA) is 37.8 Å². The van der Waals surface area contributed by atoms with Gasteiger partial charge in [-0.2, -0.15) is 0 Å². The summed E-state index contributed by atoms with van der Waals surface area (Å²) in [6, 6.07) is 3.53. The molecule has 0 saturated heterocycles. The van der Waals surface area contributed by atoms with Gasteiger partial charge in [0, 0.05) is 23.7 Å². The molecule has 5 heteroatoms. The highest BCUT2D eigenvalue weighted by atomic mass is 19.1. The highest BCUT2D eigenvalue weighted by Crippen LogP contribution is 2.33. The second-order valence-electron chi connectivity index (χ2n) is 5.19. The van der Waals surface area contributed by atoms with Gasteiger partial charge in [-0.3, -0.25) is 0 Å². The Labute approximate surface area is 123 Å². The van der Waals surface area contributed by atoms with Gasteiger partial charge in [0.2, 0.25) is 0 Å². The zero-order chi connectivity index (χ0) is 15.4. The largest absolute Gasteiger partial charge is 0.370 e. The lowest BCUT2D eigenvalue weighted by Crippen LogP contribution is -2.09. The van der Waals surface area contributed by atoms with Gasteiger partial charge in [-0.05, 0) is 24.5 Å². The van der Waals surface area contributed by atoms with E-state index in [0.717, 1.165) is 24.6 Å². The van der Waals surface area contributed by atoms with Gasteiger partial charge in [0.05, 0.1) is 5.69 Å². The SMILES string of the molecule is CCCNc1ncnc(-c2ccc(F)cc2F)c1C(C)C. The number of anilines is 1. The summed E-state index contributed by atoms with van der Waals surface area (Å²) in [4.78, 5) is 8.47. The number of benzene rings is 1. The lowest BCUT2D eigenvalue weighted by atomic mass is 9.97. The first kappa shape index (κ1) is 15.4. The van der Waals surface area contributed by atoms with Crippen molar-refractivity contribution in [3.8, 4) is 11.3 Å². The minimum atomic E-state index is -0.614. The van der Waals surface area contributed by atoms with Gasteiger partial charge >= 0.3 is 0 Å². The monoisotopic (exact) mass is 291 g/mol. The third-order valence-electron chi connectivity index (χ3n) is 3.19. The molecular formula is C16H19F2N3. The molecule has 0 fully saturated rings. The molecule has 0 aliphatic heterocycles. The number of hydrogen-bond donors (Lipinski definition) is 1. The molecule has 0 aliphatic rings. The van der Waals surface area contributed by atoms with E-state index in [-0.39, 0.29) is 5.92 Å². The van der Waals surface area contributed by atoms with Crippen LogP contribution in [0.25, 0.3) is 11.3 Å². The van der Waals surface area contributed by atoms with Gasteiger partial charge in [-0.1, -0.05) is 20.8 Å². The van der Waals surface area contributed by atoms with Crippen LogP contribution in [0.3, 0.4) is 0 Å². The summed E-state index contributed by atoms with van der Waals surface area (Å²) in [6.07, 6.45) is 2.36. The molecule has 21 heavy (non-hydrogen) atoms. The highest BCUT2D eigenvalue weighted by Gasteiger charge is 2.18. The molecule has 0 bridgehead atoms. The second-order valence-corrected chi connectivity index (χ2v) is 5.19. The minimum absolute atomic E-state index is 0.116.